The van der Waals surface area contributed by atoms with Crippen LogP contribution in [0.2, 0.25) is 0 Å². The molecule has 0 aliphatic carbocycles. The van der Waals surface area contributed by atoms with E-state index in [9.17, 15) is 17.6 Å². The molecule has 0 heterocycles. The van der Waals surface area contributed by atoms with Crippen LogP contribution < -0.4 is 15.4 Å². The molecule has 3 N–H and O–H groups in total. The van der Waals surface area contributed by atoms with Gasteiger partial charge in [0.05, 0.1) is 4.90 Å². The molecule has 4 rings (SSSR count). The second-order valence-electron chi connectivity index (χ2n) is 7.16. The number of amides is 2. The Morgan fingerprint density at radius 3 is 1.91 bits per heavy atom. The van der Waals surface area contributed by atoms with Crippen LogP contribution in [0.1, 0.15) is 0 Å². The van der Waals surface area contributed by atoms with Gasteiger partial charge in [0.15, 0.2) is 0 Å². The van der Waals surface area contributed by atoms with E-state index in [0.29, 0.717) is 28.2 Å². The van der Waals surface area contributed by atoms with Gasteiger partial charge in [-0.2, -0.15) is 0 Å². The number of carbonyl (C=O) groups excluding carboxylic acids is 1. The SMILES string of the molecule is O=C(Nc1ccccc1)Nc1ccc(NS(=O)(=O)c2cccc(-c3ccc(F)cc3)c2)cc1. The van der Waals surface area contributed by atoms with Gasteiger partial charge in [0, 0.05) is 17.1 Å². The maximum absolute atomic E-state index is 13.2. The van der Waals surface area contributed by atoms with E-state index in [1.807, 2.05) is 18.2 Å². The first kappa shape index (κ1) is 22.0. The summed E-state index contributed by atoms with van der Waals surface area (Å²) in [6.07, 6.45) is 0. The summed E-state index contributed by atoms with van der Waals surface area (Å²) in [7, 11) is -3.85. The number of rotatable bonds is 6. The third-order valence-corrected chi connectivity index (χ3v) is 6.13. The van der Waals surface area contributed by atoms with E-state index in [-0.39, 0.29) is 10.7 Å². The van der Waals surface area contributed by atoms with Crippen LogP contribution >= 0.6 is 0 Å². The van der Waals surface area contributed by atoms with E-state index >= 15 is 0 Å². The van der Waals surface area contributed by atoms with E-state index in [1.54, 1.807) is 60.7 Å². The van der Waals surface area contributed by atoms with Crippen molar-refractivity contribution in [3.05, 3.63) is 109 Å². The summed E-state index contributed by atoms with van der Waals surface area (Å²) < 4.78 is 41.4. The predicted octanol–water partition coefficient (Wildman–Crippen LogP) is 5.94. The van der Waals surface area contributed by atoms with Crippen LogP contribution in [-0.4, -0.2) is 14.4 Å². The molecule has 0 unspecified atom stereocenters. The maximum atomic E-state index is 13.2. The zero-order valence-electron chi connectivity index (χ0n) is 17.3. The number of carbonyl (C=O) groups is 1. The van der Waals surface area contributed by atoms with Gasteiger partial charge in [-0.25, -0.2) is 17.6 Å². The summed E-state index contributed by atoms with van der Waals surface area (Å²) >= 11 is 0. The minimum absolute atomic E-state index is 0.0776. The van der Waals surface area contributed by atoms with Gasteiger partial charge in [-0.1, -0.05) is 42.5 Å². The van der Waals surface area contributed by atoms with Crippen molar-refractivity contribution in [2.75, 3.05) is 15.4 Å². The molecule has 0 aliphatic rings. The van der Waals surface area contributed by atoms with E-state index in [4.69, 9.17) is 0 Å². The molecule has 0 fully saturated rings. The summed E-state index contributed by atoms with van der Waals surface area (Å²) in [5.41, 5.74) is 2.86. The minimum Gasteiger partial charge on any atom is -0.308 e. The number of benzene rings is 4. The van der Waals surface area contributed by atoms with Crippen LogP contribution in [0.3, 0.4) is 0 Å². The highest BCUT2D eigenvalue weighted by atomic mass is 32.2. The van der Waals surface area contributed by atoms with Crippen LogP contribution in [0.25, 0.3) is 11.1 Å². The molecule has 6 nitrogen and oxygen atoms in total. The molecular formula is C25H20FN3O3S. The van der Waals surface area contributed by atoms with Crippen LogP contribution in [0.15, 0.2) is 108 Å². The topological polar surface area (TPSA) is 87.3 Å². The van der Waals surface area contributed by atoms with E-state index < -0.39 is 16.1 Å². The standard InChI is InChI=1S/C25H20FN3O3S/c26-20-11-9-18(10-12-20)19-5-4-8-24(17-19)33(31,32)29-23-15-13-22(14-16-23)28-25(30)27-21-6-2-1-3-7-21/h1-17,29H,(H2,27,28,30). The maximum Gasteiger partial charge on any atom is 0.323 e. The lowest BCUT2D eigenvalue weighted by molar-refractivity contribution is 0.262. The molecule has 2 amide bonds. The lowest BCUT2D eigenvalue weighted by atomic mass is 10.1. The number of hydrogen-bond acceptors (Lipinski definition) is 3. The number of urea groups is 1. The summed E-state index contributed by atoms with van der Waals surface area (Å²) in [6, 6.07) is 27.1. The van der Waals surface area contributed by atoms with Crippen molar-refractivity contribution in [2.45, 2.75) is 4.90 Å². The third kappa shape index (κ3) is 5.75. The molecule has 0 radical (unpaired) electrons. The fourth-order valence-electron chi connectivity index (χ4n) is 3.14. The lowest BCUT2D eigenvalue weighted by Crippen LogP contribution is -2.19. The Kier molecular flexibility index (Phi) is 6.37. The van der Waals surface area contributed by atoms with Crippen LogP contribution in [0.5, 0.6) is 0 Å². The Morgan fingerprint density at radius 1 is 0.636 bits per heavy atom. The number of sulfonamides is 1. The predicted molar refractivity (Wildman–Crippen MR) is 128 cm³/mol. The Balaban J connectivity index is 1.43. The lowest BCUT2D eigenvalue weighted by Gasteiger charge is -2.11. The molecule has 0 aliphatic heterocycles. The Morgan fingerprint density at radius 2 is 1.24 bits per heavy atom. The fourth-order valence-corrected chi connectivity index (χ4v) is 4.24. The molecule has 0 spiro atoms. The van der Waals surface area contributed by atoms with Gasteiger partial charge in [0.25, 0.3) is 10.0 Å². The Bertz CT molecular complexity index is 1360. The van der Waals surface area contributed by atoms with Crippen LogP contribution in [0.4, 0.5) is 26.2 Å². The largest absolute Gasteiger partial charge is 0.323 e. The molecule has 0 bridgehead atoms. The smallest absolute Gasteiger partial charge is 0.308 e. The monoisotopic (exact) mass is 461 g/mol. The Labute approximate surface area is 191 Å². The van der Waals surface area contributed by atoms with Gasteiger partial charge in [-0.15, -0.1) is 0 Å². The molecule has 4 aromatic carbocycles. The highest BCUT2D eigenvalue weighted by Gasteiger charge is 2.15. The molecule has 0 saturated heterocycles. The Hall–Kier alpha value is -4.17. The normalized spacial score (nSPS) is 10.9. The van der Waals surface area contributed by atoms with Crippen molar-refractivity contribution in [2.24, 2.45) is 0 Å². The molecule has 4 aromatic rings. The molecule has 0 atom stereocenters. The highest BCUT2D eigenvalue weighted by Crippen LogP contribution is 2.24. The van der Waals surface area contributed by atoms with Crippen LogP contribution in [0, 0.1) is 5.82 Å². The number of halogens is 1. The summed E-state index contributed by atoms with van der Waals surface area (Å²) in [5.74, 6) is -0.361. The van der Waals surface area contributed by atoms with Gasteiger partial charge in [0.1, 0.15) is 5.82 Å². The number of para-hydroxylation sites is 1. The second-order valence-corrected chi connectivity index (χ2v) is 8.85. The number of anilines is 3. The average molecular weight is 462 g/mol. The zero-order valence-corrected chi connectivity index (χ0v) is 18.1. The van der Waals surface area contributed by atoms with Crippen molar-refractivity contribution in [1.29, 1.82) is 0 Å². The number of nitrogens with one attached hydrogen (secondary N) is 3. The molecule has 0 aromatic heterocycles. The van der Waals surface area contributed by atoms with Crippen molar-refractivity contribution in [1.82, 2.24) is 0 Å². The fraction of sp³-hybridized carbons (Fsp3) is 0. The second kappa shape index (κ2) is 9.54. The molecule has 33 heavy (non-hydrogen) atoms. The first-order valence-corrected chi connectivity index (χ1v) is 11.5. The summed E-state index contributed by atoms with van der Waals surface area (Å²) in [4.78, 5) is 12.2. The van der Waals surface area contributed by atoms with Gasteiger partial charge in [-0.05, 0) is 71.8 Å². The first-order valence-electron chi connectivity index (χ1n) is 10.0. The van der Waals surface area contributed by atoms with Crippen molar-refractivity contribution < 1.29 is 17.6 Å². The van der Waals surface area contributed by atoms with Crippen LogP contribution in [-0.2, 0) is 10.0 Å². The van der Waals surface area contributed by atoms with E-state index in [0.717, 1.165) is 0 Å². The third-order valence-electron chi connectivity index (χ3n) is 4.75. The minimum atomic E-state index is -3.85. The molecule has 8 heteroatoms. The molecular weight excluding hydrogens is 441 g/mol. The van der Waals surface area contributed by atoms with Crippen molar-refractivity contribution in [3.63, 3.8) is 0 Å². The quantitative estimate of drug-likeness (QED) is 0.332. The molecule has 0 saturated carbocycles. The van der Waals surface area contributed by atoms with Gasteiger partial charge >= 0.3 is 6.03 Å². The average Bonchev–Trinajstić information content (AvgIpc) is 2.81. The first-order chi connectivity index (χ1) is 15.9. The van der Waals surface area contributed by atoms with E-state index in [1.165, 1.54) is 24.3 Å². The van der Waals surface area contributed by atoms with E-state index in [2.05, 4.69) is 15.4 Å². The molecule has 166 valence electrons. The summed E-state index contributed by atoms with van der Waals surface area (Å²) in [6.45, 7) is 0. The zero-order chi connectivity index (χ0) is 23.3. The van der Waals surface area contributed by atoms with Crippen molar-refractivity contribution >= 4 is 33.1 Å². The van der Waals surface area contributed by atoms with Gasteiger partial charge in [0.2, 0.25) is 0 Å². The van der Waals surface area contributed by atoms with Gasteiger partial charge in [-0.3, -0.25) is 4.72 Å². The summed E-state index contributed by atoms with van der Waals surface area (Å²) in [5, 5.41) is 5.39. The van der Waals surface area contributed by atoms with Gasteiger partial charge < -0.3 is 10.6 Å². The van der Waals surface area contributed by atoms with Crippen molar-refractivity contribution in [3.8, 4) is 11.1 Å². The number of hydrogen-bond donors (Lipinski definition) is 3. The highest BCUT2D eigenvalue weighted by molar-refractivity contribution is 7.92.